The van der Waals surface area contributed by atoms with Gasteiger partial charge in [-0.3, -0.25) is 4.72 Å². The van der Waals surface area contributed by atoms with Crippen LogP contribution in [0.1, 0.15) is 1.43 Å². The molecule has 0 radical (unpaired) electrons. The van der Waals surface area contributed by atoms with Crippen molar-refractivity contribution in [1.29, 1.82) is 0 Å². The molecule has 0 aliphatic carbocycles. The van der Waals surface area contributed by atoms with Crippen molar-refractivity contribution < 1.29 is 44.1 Å². The molecule has 0 aliphatic rings. The van der Waals surface area contributed by atoms with Gasteiger partial charge in [0, 0.05) is 11.8 Å². The van der Waals surface area contributed by atoms with Gasteiger partial charge in [-0.15, -0.1) is 10.2 Å². The first-order valence-corrected chi connectivity index (χ1v) is 6.76. The van der Waals surface area contributed by atoms with Gasteiger partial charge in [0.05, 0.1) is 12.0 Å². The van der Waals surface area contributed by atoms with Crippen molar-refractivity contribution in [2.45, 2.75) is 4.90 Å². The fourth-order valence-electron chi connectivity index (χ4n) is 1.33. The molecular weight excluding hydrogens is 291 g/mol. The molecule has 2 rings (SSSR count). The number of aromatic nitrogens is 2. The molecule has 1 aromatic heterocycles. The van der Waals surface area contributed by atoms with Gasteiger partial charge in [0.15, 0.2) is 5.82 Å². The summed E-state index contributed by atoms with van der Waals surface area (Å²) in [5, 5.41) is 7.36. The van der Waals surface area contributed by atoms with Crippen molar-refractivity contribution in [1.82, 2.24) is 10.2 Å². The average Bonchev–Trinajstić information content (AvgIpc) is 2.40. The Hall–Kier alpha value is -1.35. The Kier molecular flexibility index (Phi) is 5.75. The minimum absolute atomic E-state index is 0. The summed E-state index contributed by atoms with van der Waals surface area (Å²) in [4.78, 5) is 0.0966. The molecule has 0 atom stereocenters. The monoisotopic (exact) mass is 304 g/mol. The third-order valence-corrected chi connectivity index (χ3v) is 3.65. The second kappa shape index (κ2) is 6.89. The fraction of sp³-hybridized carbons (Fsp3) is 0.0909. The molecule has 0 unspecified atom stereocenters. The van der Waals surface area contributed by atoms with Crippen LogP contribution in [0.25, 0.3) is 0 Å². The smallest absolute Gasteiger partial charge is 1.00 e. The quantitative estimate of drug-likeness (QED) is 0.499. The average molecular weight is 304 g/mol. The number of ether oxygens (including phenoxy) is 1. The van der Waals surface area contributed by atoms with E-state index in [1.807, 2.05) is 0 Å². The van der Waals surface area contributed by atoms with E-state index in [0.717, 1.165) is 0 Å². The SMILES string of the molecule is COc1ccc(NS(=O)(=O)c2ccc(N)cc2)nn1.[H-].[Na+]. The van der Waals surface area contributed by atoms with Crippen molar-refractivity contribution in [3.05, 3.63) is 36.4 Å². The molecular formula is C11H13N4NaO3S. The molecule has 0 spiro atoms. The summed E-state index contributed by atoms with van der Waals surface area (Å²) in [6.45, 7) is 0. The van der Waals surface area contributed by atoms with Crippen LogP contribution >= 0.6 is 0 Å². The van der Waals surface area contributed by atoms with Gasteiger partial charge in [-0.2, -0.15) is 0 Å². The number of nitrogens with one attached hydrogen (secondary N) is 1. The van der Waals surface area contributed by atoms with Gasteiger partial charge in [0.2, 0.25) is 5.88 Å². The van der Waals surface area contributed by atoms with E-state index in [1.54, 1.807) is 0 Å². The molecule has 0 amide bonds. The zero-order valence-corrected chi connectivity index (χ0v) is 13.9. The van der Waals surface area contributed by atoms with Crippen LogP contribution in [0.4, 0.5) is 11.5 Å². The molecule has 0 saturated heterocycles. The van der Waals surface area contributed by atoms with E-state index in [1.165, 1.54) is 43.5 Å². The summed E-state index contributed by atoms with van der Waals surface area (Å²) in [7, 11) is -2.25. The maximum Gasteiger partial charge on any atom is 1.00 e. The van der Waals surface area contributed by atoms with Gasteiger partial charge in [0.1, 0.15) is 0 Å². The number of methoxy groups -OCH3 is 1. The van der Waals surface area contributed by atoms with Crippen LogP contribution in [0.15, 0.2) is 41.3 Å². The van der Waals surface area contributed by atoms with E-state index in [0.29, 0.717) is 11.6 Å². The van der Waals surface area contributed by atoms with Gasteiger partial charge < -0.3 is 11.9 Å². The molecule has 7 nitrogen and oxygen atoms in total. The minimum Gasteiger partial charge on any atom is -1.00 e. The van der Waals surface area contributed by atoms with Crippen LogP contribution in [0, 0.1) is 0 Å². The maximum absolute atomic E-state index is 12.0. The maximum atomic E-state index is 12.0. The molecule has 0 saturated carbocycles. The third-order valence-electron chi connectivity index (χ3n) is 2.28. The van der Waals surface area contributed by atoms with Gasteiger partial charge in [0.25, 0.3) is 10.0 Å². The van der Waals surface area contributed by atoms with Crippen LogP contribution in [-0.2, 0) is 10.0 Å². The summed E-state index contributed by atoms with van der Waals surface area (Å²) in [5.74, 6) is 0.410. The summed E-state index contributed by atoms with van der Waals surface area (Å²) >= 11 is 0. The molecule has 3 N–H and O–H groups in total. The van der Waals surface area contributed by atoms with Crippen molar-refractivity contribution in [3.63, 3.8) is 0 Å². The molecule has 0 aliphatic heterocycles. The number of sulfonamides is 1. The topological polar surface area (TPSA) is 107 Å². The Morgan fingerprint density at radius 2 is 1.80 bits per heavy atom. The Bertz CT molecular complexity index is 665. The van der Waals surface area contributed by atoms with Gasteiger partial charge >= 0.3 is 29.6 Å². The number of anilines is 2. The van der Waals surface area contributed by atoms with Crippen LogP contribution in [0.3, 0.4) is 0 Å². The Morgan fingerprint density at radius 1 is 1.15 bits per heavy atom. The van der Waals surface area contributed by atoms with Crippen LogP contribution in [0.2, 0.25) is 0 Å². The van der Waals surface area contributed by atoms with Crippen LogP contribution < -0.4 is 44.7 Å². The van der Waals surface area contributed by atoms with Gasteiger partial charge in [-0.25, -0.2) is 8.42 Å². The van der Waals surface area contributed by atoms with Crippen LogP contribution in [-0.4, -0.2) is 25.7 Å². The number of nitrogens with zero attached hydrogens (tertiary/aromatic N) is 2. The van der Waals surface area contributed by atoms with E-state index in [-0.39, 0.29) is 41.7 Å². The zero-order chi connectivity index (χ0) is 13.9. The second-order valence-corrected chi connectivity index (χ2v) is 5.32. The molecule has 1 heterocycles. The van der Waals surface area contributed by atoms with Gasteiger partial charge in [-0.1, -0.05) is 0 Å². The summed E-state index contributed by atoms with van der Waals surface area (Å²) < 4.78 is 31.2. The van der Waals surface area contributed by atoms with E-state index < -0.39 is 10.0 Å². The first kappa shape index (κ1) is 16.7. The zero-order valence-electron chi connectivity index (χ0n) is 12.1. The number of benzene rings is 1. The molecule has 20 heavy (non-hydrogen) atoms. The normalized spacial score (nSPS) is 10.4. The van der Waals surface area contributed by atoms with Crippen molar-refractivity contribution in [2.75, 3.05) is 17.6 Å². The second-order valence-electron chi connectivity index (χ2n) is 3.64. The van der Waals surface area contributed by atoms with E-state index >= 15 is 0 Å². The van der Waals surface area contributed by atoms with Crippen molar-refractivity contribution >= 4 is 21.5 Å². The Balaban J connectivity index is 0.00000200. The molecule has 1 aromatic carbocycles. The summed E-state index contributed by atoms with van der Waals surface area (Å²) in [6.07, 6.45) is 0. The van der Waals surface area contributed by atoms with E-state index in [2.05, 4.69) is 14.9 Å². The predicted octanol–water partition coefficient (Wildman–Crippen LogP) is -2.02. The summed E-state index contributed by atoms with van der Waals surface area (Å²) in [6, 6.07) is 8.81. The van der Waals surface area contributed by atoms with E-state index in [4.69, 9.17) is 10.5 Å². The van der Waals surface area contributed by atoms with Crippen molar-refractivity contribution in [3.8, 4) is 5.88 Å². The van der Waals surface area contributed by atoms with Crippen molar-refractivity contribution in [2.24, 2.45) is 0 Å². The fourth-order valence-corrected chi connectivity index (χ4v) is 2.32. The first-order chi connectivity index (χ1) is 9.01. The number of nitrogens with two attached hydrogens (primary N) is 1. The van der Waals surface area contributed by atoms with E-state index in [9.17, 15) is 8.42 Å². The first-order valence-electron chi connectivity index (χ1n) is 5.27. The molecule has 102 valence electrons. The number of nitrogen functional groups attached to an aromatic ring is 1. The van der Waals surface area contributed by atoms with Crippen LogP contribution in [0.5, 0.6) is 5.88 Å². The minimum atomic E-state index is -3.70. The Morgan fingerprint density at radius 3 is 2.30 bits per heavy atom. The molecule has 9 heteroatoms. The predicted molar refractivity (Wildman–Crippen MR) is 71.4 cm³/mol. The number of hydrogen-bond acceptors (Lipinski definition) is 6. The molecule has 0 fully saturated rings. The molecule has 2 aromatic rings. The standard InChI is InChI=1S/C11H12N4O3S.Na.H/c1-18-11-7-6-10(13-14-11)15-19(16,17)9-4-2-8(12)3-5-9;;/h2-7H,12H2,1H3,(H,13,15);;/q;+1;-1. The third kappa shape index (κ3) is 4.07. The number of hydrogen-bond donors (Lipinski definition) is 2. The van der Waals surface area contributed by atoms with Gasteiger partial charge in [-0.05, 0) is 30.3 Å². The largest absolute Gasteiger partial charge is 1.00 e. The number of rotatable bonds is 4. The summed E-state index contributed by atoms with van der Waals surface area (Å²) in [5.41, 5.74) is 5.99. The Labute approximate surface area is 140 Å². The molecule has 0 bridgehead atoms.